The maximum Gasteiger partial charge on any atom is 0.0725 e. The SMILES string of the molecule is COC[C@@H]1CCCN1/N=C(\c1ccccc1)[C@@H](c1ccccc1)[Si](C)(C)C(C)(C)C. The van der Waals surface area contributed by atoms with Crippen molar-refractivity contribution in [3.8, 4) is 0 Å². The number of hydrazone groups is 1. The van der Waals surface area contributed by atoms with Crippen LogP contribution in [0.1, 0.15) is 50.3 Å². The molecule has 3 rings (SSSR count). The fourth-order valence-corrected chi connectivity index (χ4v) is 7.14. The van der Waals surface area contributed by atoms with Gasteiger partial charge in [-0.15, -0.1) is 0 Å². The normalized spacial score (nSPS) is 19.2. The summed E-state index contributed by atoms with van der Waals surface area (Å²) in [5, 5.41) is 7.94. The number of benzene rings is 2. The van der Waals surface area contributed by atoms with E-state index in [4.69, 9.17) is 9.84 Å². The molecule has 2 aromatic carbocycles. The predicted octanol–water partition coefficient (Wildman–Crippen LogP) is 6.33. The largest absolute Gasteiger partial charge is 0.382 e. The molecular formula is C26H38N2OSi. The Bertz CT molecular complexity index is 827. The average Bonchev–Trinajstić information content (AvgIpc) is 3.15. The summed E-state index contributed by atoms with van der Waals surface area (Å²) in [7, 11) is -0.0298. The van der Waals surface area contributed by atoms with E-state index in [1.165, 1.54) is 23.3 Å². The first-order valence-corrected chi connectivity index (χ1v) is 14.3. The minimum absolute atomic E-state index is 0.236. The molecule has 0 radical (unpaired) electrons. The van der Waals surface area contributed by atoms with Crippen molar-refractivity contribution in [3.05, 3.63) is 71.8 Å². The molecule has 0 amide bonds. The second-order valence-corrected chi connectivity index (χ2v) is 15.6. The van der Waals surface area contributed by atoms with Crippen molar-refractivity contribution in [2.45, 2.75) is 63.3 Å². The lowest BCUT2D eigenvalue weighted by molar-refractivity contribution is 0.118. The van der Waals surface area contributed by atoms with Gasteiger partial charge in [0.25, 0.3) is 0 Å². The first kappa shape index (κ1) is 22.8. The van der Waals surface area contributed by atoms with E-state index in [0.717, 1.165) is 19.6 Å². The van der Waals surface area contributed by atoms with E-state index in [-0.39, 0.29) is 5.04 Å². The number of hydrogen-bond donors (Lipinski definition) is 0. The fourth-order valence-electron chi connectivity index (χ4n) is 4.34. The summed E-state index contributed by atoms with van der Waals surface area (Å²) >= 11 is 0. The Morgan fingerprint density at radius 3 is 2.23 bits per heavy atom. The minimum atomic E-state index is -1.82. The van der Waals surface area contributed by atoms with Gasteiger partial charge in [0, 0.05) is 19.2 Å². The van der Waals surface area contributed by atoms with Crippen molar-refractivity contribution in [2.75, 3.05) is 20.3 Å². The average molecular weight is 423 g/mol. The lowest BCUT2D eigenvalue weighted by Gasteiger charge is -2.44. The van der Waals surface area contributed by atoms with Crippen LogP contribution in [0.2, 0.25) is 18.1 Å². The highest BCUT2D eigenvalue weighted by molar-refractivity contribution is 6.84. The third-order valence-corrected chi connectivity index (χ3v) is 13.0. The monoisotopic (exact) mass is 422 g/mol. The van der Waals surface area contributed by atoms with Crippen LogP contribution in [0, 0.1) is 0 Å². The van der Waals surface area contributed by atoms with Gasteiger partial charge >= 0.3 is 0 Å². The molecule has 4 heteroatoms. The van der Waals surface area contributed by atoms with Gasteiger partial charge in [0.2, 0.25) is 0 Å². The molecule has 1 heterocycles. The molecule has 1 saturated heterocycles. The van der Waals surface area contributed by atoms with Gasteiger partial charge in [0.1, 0.15) is 0 Å². The van der Waals surface area contributed by atoms with Gasteiger partial charge in [0.15, 0.2) is 0 Å². The van der Waals surface area contributed by atoms with Crippen LogP contribution in [0.15, 0.2) is 65.8 Å². The summed E-state index contributed by atoms with van der Waals surface area (Å²) in [5.74, 6) is 0. The maximum atomic E-state index is 5.51. The van der Waals surface area contributed by atoms with E-state index in [1.54, 1.807) is 7.11 Å². The van der Waals surface area contributed by atoms with Crippen LogP contribution in [0.25, 0.3) is 0 Å². The topological polar surface area (TPSA) is 24.8 Å². The molecular weight excluding hydrogens is 384 g/mol. The van der Waals surface area contributed by atoms with E-state index in [9.17, 15) is 0 Å². The molecule has 0 unspecified atom stereocenters. The van der Waals surface area contributed by atoms with Gasteiger partial charge in [-0.3, -0.25) is 5.01 Å². The van der Waals surface area contributed by atoms with E-state index in [2.05, 4.69) is 99.5 Å². The highest BCUT2D eigenvalue weighted by atomic mass is 28.3. The lowest BCUT2D eigenvalue weighted by Crippen LogP contribution is -2.48. The zero-order valence-corrected chi connectivity index (χ0v) is 20.6. The van der Waals surface area contributed by atoms with Crippen molar-refractivity contribution in [1.82, 2.24) is 5.01 Å². The van der Waals surface area contributed by atoms with Crippen LogP contribution in [0.4, 0.5) is 0 Å². The van der Waals surface area contributed by atoms with E-state index in [0.29, 0.717) is 11.6 Å². The van der Waals surface area contributed by atoms with Crippen molar-refractivity contribution in [1.29, 1.82) is 0 Å². The van der Waals surface area contributed by atoms with Crippen LogP contribution in [0.3, 0.4) is 0 Å². The molecule has 0 bridgehead atoms. The third-order valence-electron chi connectivity index (χ3n) is 7.07. The van der Waals surface area contributed by atoms with E-state index < -0.39 is 8.07 Å². The number of methoxy groups -OCH3 is 1. The van der Waals surface area contributed by atoms with Crippen LogP contribution >= 0.6 is 0 Å². The smallest absolute Gasteiger partial charge is 0.0725 e. The Labute approximate surface area is 184 Å². The molecule has 0 aliphatic carbocycles. The van der Waals surface area contributed by atoms with Crippen molar-refractivity contribution in [2.24, 2.45) is 5.10 Å². The Kier molecular flexibility index (Phi) is 7.20. The van der Waals surface area contributed by atoms with Gasteiger partial charge in [-0.1, -0.05) is 94.5 Å². The number of hydrogen-bond acceptors (Lipinski definition) is 3. The molecule has 0 aromatic heterocycles. The Morgan fingerprint density at radius 2 is 1.67 bits per heavy atom. The van der Waals surface area contributed by atoms with Crippen LogP contribution in [-0.2, 0) is 4.74 Å². The zero-order chi connectivity index (χ0) is 21.8. The Balaban J connectivity index is 2.19. The first-order valence-electron chi connectivity index (χ1n) is 11.2. The van der Waals surface area contributed by atoms with Crippen molar-refractivity contribution < 1.29 is 4.74 Å². The number of ether oxygens (including phenoxy) is 1. The highest BCUT2D eigenvalue weighted by Gasteiger charge is 2.46. The number of rotatable bonds is 7. The number of nitrogens with zero attached hydrogens (tertiary/aromatic N) is 2. The van der Waals surface area contributed by atoms with Gasteiger partial charge in [0.05, 0.1) is 26.4 Å². The van der Waals surface area contributed by atoms with Crippen molar-refractivity contribution in [3.63, 3.8) is 0 Å². The Morgan fingerprint density at radius 1 is 1.07 bits per heavy atom. The van der Waals surface area contributed by atoms with Crippen LogP contribution < -0.4 is 0 Å². The van der Waals surface area contributed by atoms with Gasteiger partial charge in [-0.05, 0) is 29.0 Å². The highest BCUT2D eigenvalue weighted by Crippen LogP contribution is 2.46. The second kappa shape index (κ2) is 9.48. The van der Waals surface area contributed by atoms with Crippen LogP contribution in [-0.4, -0.2) is 45.1 Å². The molecule has 0 saturated carbocycles. The summed E-state index contributed by atoms with van der Waals surface area (Å²) in [4.78, 5) is 0. The maximum absolute atomic E-state index is 5.51. The van der Waals surface area contributed by atoms with Gasteiger partial charge < -0.3 is 4.74 Å². The third kappa shape index (κ3) is 4.87. The molecule has 0 spiro atoms. The van der Waals surface area contributed by atoms with E-state index >= 15 is 0 Å². The Hall–Kier alpha value is -1.91. The molecule has 1 aliphatic rings. The molecule has 0 N–H and O–H groups in total. The molecule has 3 nitrogen and oxygen atoms in total. The molecule has 30 heavy (non-hydrogen) atoms. The summed E-state index contributed by atoms with van der Waals surface area (Å²) in [6.45, 7) is 14.0. The summed E-state index contributed by atoms with van der Waals surface area (Å²) in [5.41, 5.74) is 4.15. The summed E-state index contributed by atoms with van der Waals surface area (Å²) in [6, 6.07) is 22.2. The predicted molar refractivity (Wildman–Crippen MR) is 131 cm³/mol. The second-order valence-electron chi connectivity index (χ2n) is 10.1. The first-order chi connectivity index (χ1) is 14.3. The van der Waals surface area contributed by atoms with Gasteiger partial charge in [-0.25, -0.2) is 0 Å². The van der Waals surface area contributed by atoms with Crippen molar-refractivity contribution >= 4 is 13.8 Å². The molecule has 1 aliphatic heterocycles. The minimum Gasteiger partial charge on any atom is -0.382 e. The summed E-state index contributed by atoms with van der Waals surface area (Å²) in [6.07, 6.45) is 2.32. The zero-order valence-electron chi connectivity index (χ0n) is 19.6. The van der Waals surface area contributed by atoms with Crippen LogP contribution in [0.5, 0.6) is 0 Å². The quantitative estimate of drug-likeness (QED) is 0.384. The van der Waals surface area contributed by atoms with E-state index in [1.807, 2.05) is 0 Å². The van der Waals surface area contributed by atoms with Gasteiger partial charge in [-0.2, -0.15) is 5.10 Å². The summed E-state index contributed by atoms with van der Waals surface area (Å²) < 4.78 is 5.51. The molecule has 1 fully saturated rings. The fraction of sp³-hybridized carbons (Fsp3) is 0.500. The molecule has 2 atom stereocenters. The molecule has 162 valence electrons. The molecule has 2 aromatic rings. The lowest BCUT2D eigenvalue weighted by atomic mass is 10.0. The standard InChI is InChI=1S/C26H38N2OSi/c1-26(2,3)30(5,6)25(22-16-11-8-12-17-22)24(21-14-9-7-10-15-21)27-28-19-13-18-23(28)20-29-4/h7-12,14-17,23,25H,13,18-20H2,1-6H3/b27-24+/t23-,25+/m0/s1.